The highest BCUT2D eigenvalue weighted by atomic mass is 32.1. The van der Waals surface area contributed by atoms with Gasteiger partial charge in [0, 0.05) is 37.0 Å². The minimum absolute atomic E-state index is 0.665. The van der Waals surface area contributed by atoms with Crippen LogP contribution >= 0.6 is 11.3 Å². The Balaban J connectivity index is 1.42. The van der Waals surface area contributed by atoms with Crippen molar-refractivity contribution in [2.45, 2.75) is 6.92 Å². The third kappa shape index (κ3) is 3.09. The van der Waals surface area contributed by atoms with Gasteiger partial charge >= 0.3 is 0 Å². The number of rotatable bonds is 2. The number of nitrogens with zero attached hydrogens (tertiary/aromatic N) is 3. The van der Waals surface area contributed by atoms with Crippen LogP contribution in [0.5, 0.6) is 0 Å². The fraction of sp³-hybridized carbons (Fsp3) is 0.0263. The average Bonchev–Trinajstić information content (AvgIpc) is 3.68. The largest absolute Gasteiger partial charge is 0.309 e. The number of aromatic nitrogens is 2. The van der Waals surface area contributed by atoms with Gasteiger partial charge in [0.25, 0.3) is 0 Å². The SMILES string of the molecule is Cc1ccc2c3ccccc3n(-c3cccc4c3sc3cccc(-n5c6ccccc6c6ccc(C#N)cc65)c34)c2c1. The number of benzene rings is 6. The molecule has 0 saturated carbocycles. The minimum atomic E-state index is 0.665. The molecule has 0 aliphatic heterocycles. The van der Waals surface area contributed by atoms with Gasteiger partial charge < -0.3 is 9.13 Å². The van der Waals surface area contributed by atoms with Gasteiger partial charge in [-0.2, -0.15) is 5.26 Å². The molecule has 3 heterocycles. The fourth-order valence-electron chi connectivity index (χ4n) is 6.82. The summed E-state index contributed by atoms with van der Waals surface area (Å²) in [6, 6.07) is 45.7. The van der Waals surface area contributed by atoms with E-state index in [2.05, 4.69) is 131 Å². The van der Waals surface area contributed by atoms with Crippen molar-refractivity contribution in [3.05, 3.63) is 132 Å². The van der Waals surface area contributed by atoms with Gasteiger partial charge in [-0.25, -0.2) is 0 Å². The molecule has 0 spiro atoms. The zero-order valence-corrected chi connectivity index (χ0v) is 23.6. The summed E-state index contributed by atoms with van der Waals surface area (Å²) in [7, 11) is 0. The monoisotopic (exact) mass is 553 g/mol. The van der Waals surface area contributed by atoms with Gasteiger partial charge in [0.2, 0.25) is 0 Å². The Morgan fingerprint density at radius 1 is 0.548 bits per heavy atom. The second-order valence-electron chi connectivity index (χ2n) is 11.0. The fourth-order valence-corrected chi connectivity index (χ4v) is 8.04. The van der Waals surface area contributed by atoms with Crippen LogP contribution in [0.25, 0.3) is 75.2 Å². The highest BCUT2D eigenvalue weighted by Gasteiger charge is 2.20. The first-order chi connectivity index (χ1) is 20.7. The lowest BCUT2D eigenvalue weighted by Crippen LogP contribution is -1.95. The lowest BCUT2D eigenvalue weighted by molar-refractivity contribution is 1.20. The second kappa shape index (κ2) is 8.57. The van der Waals surface area contributed by atoms with E-state index in [9.17, 15) is 5.26 Å². The van der Waals surface area contributed by atoms with Gasteiger partial charge in [-0.1, -0.05) is 72.8 Å². The summed E-state index contributed by atoms with van der Waals surface area (Å²) in [5.41, 5.74) is 8.89. The molecule has 0 unspecified atom stereocenters. The lowest BCUT2D eigenvalue weighted by Gasteiger charge is -2.11. The molecule has 0 amide bonds. The van der Waals surface area contributed by atoms with Crippen molar-refractivity contribution in [2.24, 2.45) is 0 Å². The zero-order chi connectivity index (χ0) is 27.9. The molecule has 6 aromatic carbocycles. The molecule has 42 heavy (non-hydrogen) atoms. The van der Waals surface area contributed by atoms with Crippen molar-refractivity contribution in [3.63, 3.8) is 0 Å². The molecule has 3 aromatic heterocycles. The van der Waals surface area contributed by atoms with Crippen LogP contribution < -0.4 is 0 Å². The number of aryl methyl sites for hydroxylation is 1. The third-order valence-electron chi connectivity index (χ3n) is 8.59. The predicted octanol–water partition coefficient (Wildman–Crippen LogP) is 10.4. The molecule has 0 atom stereocenters. The number of fused-ring (bicyclic) bond motifs is 9. The highest BCUT2D eigenvalue weighted by Crippen LogP contribution is 2.44. The van der Waals surface area contributed by atoms with E-state index in [4.69, 9.17) is 0 Å². The molecule has 4 heteroatoms. The maximum atomic E-state index is 9.74. The zero-order valence-electron chi connectivity index (χ0n) is 22.8. The first-order valence-electron chi connectivity index (χ1n) is 14.1. The molecule has 0 aliphatic rings. The van der Waals surface area contributed by atoms with Crippen molar-refractivity contribution in [1.82, 2.24) is 9.13 Å². The molecule has 9 rings (SSSR count). The molecule has 0 aliphatic carbocycles. The Labute approximate surface area is 245 Å². The van der Waals surface area contributed by atoms with Crippen molar-refractivity contribution in [2.75, 3.05) is 0 Å². The van der Waals surface area contributed by atoms with E-state index in [0.717, 1.165) is 22.1 Å². The van der Waals surface area contributed by atoms with Gasteiger partial charge in [-0.3, -0.25) is 0 Å². The summed E-state index contributed by atoms with van der Waals surface area (Å²) in [5.74, 6) is 0. The van der Waals surface area contributed by atoms with Gasteiger partial charge in [-0.05, 0) is 61.0 Å². The van der Waals surface area contributed by atoms with Crippen molar-refractivity contribution >= 4 is 75.1 Å². The predicted molar refractivity (Wildman–Crippen MR) is 177 cm³/mol. The van der Waals surface area contributed by atoms with Gasteiger partial charge in [0.15, 0.2) is 0 Å². The van der Waals surface area contributed by atoms with Crippen LogP contribution in [0.2, 0.25) is 0 Å². The summed E-state index contributed by atoms with van der Waals surface area (Å²) in [6.07, 6.45) is 0. The summed E-state index contributed by atoms with van der Waals surface area (Å²) in [6.45, 7) is 2.16. The molecular formula is C38H23N3S. The van der Waals surface area contributed by atoms with Crippen LogP contribution in [-0.4, -0.2) is 9.13 Å². The molecule has 0 saturated heterocycles. The van der Waals surface area contributed by atoms with Crippen LogP contribution in [0.1, 0.15) is 11.1 Å². The number of para-hydroxylation sites is 2. The van der Waals surface area contributed by atoms with E-state index in [1.54, 1.807) is 0 Å². The van der Waals surface area contributed by atoms with E-state index in [1.807, 2.05) is 23.5 Å². The quantitative estimate of drug-likeness (QED) is 0.210. The molecular weight excluding hydrogens is 531 g/mol. The second-order valence-corrected chi connectivity index (χ2v) is 12.0. The number of hydrogen-bond acceptors (Lipinski definition) is 2. The van der Waals surface area contributed by atoms with Crippen LogP contribution in [0.3, 0.4) is 0 Å². The molecule has 196 valence electrons. The normalized spacial score (nSPS) is 11.9. The van der Waals surface area contributed by atoms with Crippen LogP contribution in [0.15, 0.2) is 121 Å². The first-order valence-corrected chi connectivity index (χ1v) is 14.9. The van der Waals surface area contributed by atoms with Crippen LogP contribution in [-0.2, 0) is 0 Å². The first kappa shape index (κ1) is 23.3. The van der Waals surface area contributed by atoms with E-state index in [1.165, 1.54) is 58.6 Å². The minimum Gasteiger partial charge on any atom is -0.309 e. The van der Waals surface area contributed by atoms with E-state index in [-0.39, 0.29) is 0 Å². The Kier molecular flexibility index (Phi) is 4.76. The molecule has 3 nitrogen and oxygen atoms in total. The standard InChI is InChI=1S/C38H23N3S/c1-23-16-18-27-25-8-3-5-12-31(25)41(34(27)20-23)33-14-6-10-29-37-32(13-7-15-36(37)42-38(29)33)40-30-11-4-2-9-26(30)28-19-17-24(22-39)21-35(28)40/h2-21H,1H3. The summed E-state index contributed by atoms with van der Waals surface area (Å²) >= 11 is 1.85. The lowest BCUT2D eigenvalue weighted by atomic mass is 10.1. The Bertz CT molecular complexity index is 2600. The Morgan fingerprint density at radius 3 is 1.90 bits per heavy atom. The van der Waals surface area contributed by atoms with E-state index in [0.29, 0.717) is 5.56 Å². The molecule has 0 radical (unpaired) electrons. The maximum Gasteiger partial charge on any atom is 0.0992 e. The summed E-state index contributed by atoms with van der Waals surface area (Å²) in [4.78, 5) is 0. The Hall–Kier alpha value is -5.37. The van der Waals surface area contributed by atoms with Crippen molar-refractivity contribution in [3.8, 4) is 17.4 Å². The topological polar surface area (TPSA) is 33.6 Å². The highest BCUT2D eigenvalue weighted by molar-refractivity contribution is 7.26. The molecule has 0 bridgehead atoms. The number of thiophene rings is 1. The maximum absolute atomic E-state index is 9.74. The third-order valence-corrected chi connectivity index (χ3v) is 9.79. The van der Waals surface area contributed by atoms with E-state index >= 15 is 0 Å². The van der Waals surface area contributed by atoms with Crippen molar-refractivity contribution in [1.29, 1.82) is 5.26 Å². The molecule has 0 fully saturated rings. The number of nitriles is 1. The number of hydrogen-bond donors (Lipinski definition) is 0. The van der Waals surface area contributed by atoms with Crippen LogP contribution in [0.4, 0.5) is 0 Å². The van der Waals surface area contributed by atoms with Gasteiger partial charge in [-0.15, -0.1) is 11.3 Å². The smallest absolute Gasteiger partial charge is 0.0992 e. The Morgan fingerprint density at radius 2 is 1.14 bits per heavy atom. The molecule has 0 N–H and O–H groups in total. The van der Waals surface area contributed by atoms with E-state index < -0.39 is 0 Å². The summed E-state index contributed by atoms with van der Waals surface area (Å²) < 4.78 is 7.29. The molecule has 9 aromatic rings. The van der Waals surface area contributed by atoms with Crippen molar-refractivity contribution < 1.29 is 0 Å². The van der Waals surface area contributed by atoms with Gasteiger partial charge in [0.1, 0.15) is 0 Å². The summed E-state index contributed by atoms with van der Waals surface area (Å²) in [5, 5.41) is 17.1. The average molecular weight is 554 g/mol. The van der Waals surface area contributed by atoms with Gasteiger partial charge in [0.05, 0.1) is 49.8 Å². The van der Waals surface area contributed by atoms with Crippen LogP contribution in [0, 0.1) is 18.3 Å².